The van der Waals surface area contributed by atoms with Gasteiger partial charge in [0, 0.05) is 43.0 Å². The van der Waals surface area contributed by atoms with Crippen LogP contribution in [0.5, 0.6) is 0 Å². The highest BCUT2D eigenvalue weighted by atomic mass is 16.4. The Morgan fingerprint density at radius 3 is 2.52 bits per heavy atom. The number of rotatable bonds is 5. The SMILES string of the molecule is CN(C)C(=O)c1ccc(-c2cnc(N)c(-c3nnc(-c4cccc(CN)c4)o3)n2)cc1.[HH].[HH].[HH].[HH]. The zero-order chi connectivity index (χ0) is 22.0. The minimum Gasteiger partial charge on any atom is -0.414 e. The van der Waals surface area contributed by atoms with Gasteiger partial charge < -0.3 is 20.8 Å². The summed E-state index contributed by atoms with van der Waals surface area (Å²) >= 11 is 0. The summed E-state index contributed by atoms with van der Waals surface area (Å²) in [7, 11) is 3.41. The van der Waals surface area contributed by atoms with E-state index >= 15 is 0 Å². The normalized spacial score (nSPS) is 10.8. The summed E-state index contributed by atoms with van der Waals surface area (Å²) in [5, 5.41) is 8.20. The van der Waals surface area contributed by atoms with Gasteiger partial charge in [-0.1, -0.05) is 24.3 Å². The first-order chi connectivity index (χ1) is 15.0. The van der Waals surface area contributed by atoms with E-state index in [9.17, 15) is 4.79 Å². The summed E-state index contributed by atoms with van der Waals surface area (Å²) in [6.07, 6.45) is 1.56. The third kappa shape index (κ3) is 4.12. The van der Waals surface area contributed by atoms with E-state index in [2.05, 4.69) is 20.2 Å². The van der Waals surface area contributed by atoms with Crippen molar-refractivity contribution >= 4 is 11.7 Å². The van der Waals surface area contributed by atoms with Crippen LogP contribution < -0.4 is 11.5 Å². The Morgan fingerprint density at radius 2 is 1.81 bits per heavy atom. The predicted molar refractivity (Wildman–Crippen MR) is 125 cm³/mol. The quantitative estimate of drug-likeness (QED) is 0.497. The molecule has 0 saturated heterocycles. The lowest BCUT2D eigenvalue weighted by molar-refractivity contribution is 0.0827. The maximum Gasteiger partial charge on any atom is 0.270 e. The second-order valence-corrected chi connectivity index (χ2v) is 7.08. The molecule has 2 aromatic carbocycles. The highest BCUT2D eigenvalue weighted by molar-refractivity contribution is 5.94. The Labute approximate surface area is 184 Å². The zero-order valence-electron chi connectivity index (χ0n) is 17.1. The van der Waals surface area contributed by atoms with E-state index in [-0.39, 0.29) is 23.3 Å². The number of nitrogens with zero attached hydrogens (tertiary/aromatic N) is 5. The van der Waals surface area contributed by atoms with Crippen LogP contribution in [0.4, 0.5) is 5.82 Å². The molecule has 4 rings (SSSR count). The van der Waals surface area contributed by atoms with Crippen molar-refractivity contribution in [1.82, 2.24) is 25.1 Å². The van der Waals surface area contributed by atoms with Gasteiger partial charge in [-0.2, -0.15) is 0 Å². The number of carbonyl (C=O) groups is 1. The van der Waals surface area contributed by atoms with Crippen LogP contribution in [0.3, 0.4) is 0 Å². The van der Waals surface area contributed by atoms with Crippen LogP contribution in [0, 0.1) is 0 Å². The van der Waals surface area contributed by atoms with E-state index in [4.69, 9.17) is 15.9 Å². The van der Waals surface area contributed by atoms with E-state index in [1.54, 1.807) is 44.6 Å². The van der Waals surface area contributed by atoms with Crippen molar-refractivity contribution in [2.45, 2.75) is 6.54 Å². The van der Waals surface area contributed by atoms with Crippen molar-refractivity contribution < 1.29 is 14.9 Å². The molecular formula is C22H29N7O2. The zero-order valence-corrected chi connectivity index (χ0v) is 17.1. The maximum absolute atomic E-state index is 12.1. The Kier molecular flexibility index (Phi) is 5.42. The lowest BCUT2D eigenvalue weighted by Gasteiger charge is -2.10. The fraction of sp³-hybridized carbons (Fsp3) is 0.136. The Morgan fingerprint density at radius 1 is 1.06 bits per heavy atom. The molecule has 0 aliphatic heterocycles. The van der Waals surface area contributed by atoms with Crippen LogP contribution >= 0.6 is 0 Å². The Balaban J connectivity index is 0.00000289. The lowest BCUT2D eigenvalue weighted by atomic mass is 10.1. The second kappa shape index (κ2) is 8.33. The molecule has 0 aliphatic rings. The first-order valence-corrected chi connectivity index (χ1v) is 9.54. The molecule has 2 aromatic heterocycles. The molecule has 0 bridgehead atoms. The molecule has 4 N–H and O–H groups in total. The van der Waals surface area contributed by atoms with Crippen molar-refractivity contribution in [2.24, 2.45) is 5.73 Å². The van der Waals surface area contributed by atoms with Crippen LogP contribution in [-0.2, 0) is 6.54 Å². The monoisotopic (exact) mass is 423 g/mol. The van der Waals surface area contributed by atoms with Gasteiger partial charge >= 0.3 is 0 Å². The summed E-state index contributed by atoms with van der Waals surface area (Å²) in [6, 6.07) is 14.6. The first kappa shape index (κ1) is 20.2. The van der Waals surface area contributed by atoms with Gasteiger partial charge in [0.25, 0.3) is 11.8 Å². The number of amides is 1. The molecule has 31 heavy (non-hydrogen) atoms. The minimum atomic E-state index is -0.0762. The van der Waals surface area contributed by atoms with Gasteiger partial charge in [-0.15, -0.1) is 10.2 Å². The third-order valence-corrected chi connectivity index (χ3v) is 4.67. The lowest BCUT2D eigenvalue weighted by Crippen LogP contribution is -2.21. The summed E-state index contributed by atoms with van der Waals surface area (Å²) in [5.41, 5.74) is 15.7. The number of anilines is 1. The second-order valence-electron chi connectivity index (χ2n) is 7.08. The number of nitrogen functional groups attached to an aromatic ring is 1. The smallest absolute Gasteiger partial charge is 0.270 e. The van der Waals surface area contributed by atoms with Gasteiger partial charge in [-0.25, -0.2) is 9.97 Å². The van der Waals surface area contributed by atoms with Gasteiger partial charge in [-0.3, -0.25) is 4.79 Å². The van der Waals surface area contributed by atoms with Gasteiger partial charge in [-0.05, 0) is 29.8 Å². The van der Waals surface area contributed by atoms with Crippen molar-refractivity contribution in [3.05, 3.63) is 65.9 Å². The van der Waals surface area contributed by atoms with E-state index in [0.717, 1.165) is 16.7 Å². The fourth-order valence-corrected chi connectivity index (χ4v) is 3.00. The number of carbonyl (C=O) groups excluding carboxylic acids is 1. The van der Waals surface area contributed by atoms with E-state index in [1.165, 1.54) is 4.90 Å². The highest BCUT2D eigenvalue weighted by Crippen LogP contribution is 2.28. The molecule has 0 spiro atoms. The van der Waals surface area contributed by atoms with Gasteiger partial charge in [0.2, 0.25) is 5.89 Å². The number of aromatic nitrogens is 4. The fourth-order valence-electron chi connectivity index (χ4n) is 3.00. The van der Waals surface area contributed by atoms with Crippen molar-refractivity contribution in [1.29, 1.82) is 0 Å². The molecule has 2 heterocycles. The standard InChI is InChI=1S/C22H21N7O2.4H2/c1-29(2)22(30)15-8-6-14(7-9-15)17-12-25-19(24)18(26-17)21-28-27-20(31-21)16-5-3-4-13(10-16)11-23;;;;/h3-10,12H,11,23H2,1-2H3,(H2,24,25);4*1H. The van der Waals surface area contributed by atoms with E-state index in [1.807, 2.05) is 24.3 Å². The number of hydrogen-bond donors (Lipinski definition) is 2. The van der Waals surface area contributed by atoms with Crippen LogP contribution in [0.15, 0.2) is 59.1 Å². The molecule has 0 saturated carbocycles. The molecule has 164 valence electrons. The third-order valence-electron chi connectivity index (χ3n) is 4.67. The maximum atomic E-state index is 12.1. The highest BCUT2D eigenvalue weighted by Gasteiger charge is 2.17. The average Bonchev–Trinajstić information content (AvgIpc) is 3.29. The van der Waals surface area contributed by atoms with Crippen LogP contribution in [0.2, 0.25) is 0 Å². The summed E-state index contributed by atoms with van der Waals surface area (Å²) in [5.74, 6) is 0.602. The van der Waals surface area contributed by atoms with Crippen molar-refractivity contribution in [3.8, 4) is 34.3 Å². The molecule has 0 atom stereocenters. The molecule has 9 heteroatoms. The molecule has 0 unspecified atom stereocenters. The van der Waals surface area contributed by atoms with E-state index < -0.39 is 0 Å². The molecule has 1 amide bonds. The number of benzene rings is 2. The molecule has 9 nitrogen and oxygen atoms in total. The van der Waals surface area contributed by atoms with Crippen LogP contribution in [0.1, 0.15) is 21.6 Å². The van der Waals surface area contributed by atoms with Crippen LogP contribution in [-0.4, -0.2) is 45.1 Å². The molecule has 4 aromatic rings. The Hall–Kier alpha value is -4.11. The van der Waals surface area contributed by atoms with E-state index in [0.29, 0.717) is 29.4 Å². The van der Waals surface area contributed by atoms with Crippen molar-refractivity contribution in [2.75, 3.05) is 19.8 Å². The average molecular weight is 424 g/mol. The molecular weight excluding hydrogens is 394 g/mol. The molecule has 0 radical (unpaired) electrons. The van der Waals surface area contributed by atoms with Crippen LogP contribution in [0.25, 0.3) is 34.3 Å². The largest absolute Gasteiger partial charge is 0.414 e. The minimum absolute atomic E-state index is 0. The summed E-state index contributed by atoms with van der Waals surface area (Å²) in [6.45, 7) is 0.411. The summed E-state index contributed by atoms with van der Waals surface area (Å²) < 4.78 is 5.81. The van der Waals surface area contributed by atoms with Gasteiger partial charge in [0.05, 0.1) is 11.9 Å². The number of hydrogen-bond acceptors (Lipinski definition) is 8. The topological polar surface area (TPSA) is 137 Å². The number of nitrogens with two attached hydrogens (primary N) is 2. The van der Waals surface area contributed by atoms with Gasteiger partial charge in [0.15, 0.2) is 11.5 Å². The molecule has 0 fully saturated rings. The molecule has 0 aliphatic carbocycles. The predicted octanol–water partition coefficient (Wildman–Crippen LogP) is 3.59. The van der Waals surface area contributed by atoms with Gasteiger partial charge in [0.1, 0.15) is 0 Å². The first-order valence-electron chi connectivity index (χ1n) is 9.54. The Bertz CT molecular complexity index is 1250. The van der Waals surface area contributed by atoms with Crippen molar-refractivity contribution in [3.63, 3.8) is 0 Å². The summed E-state index contributed by atoms with van der Waals surface area (Å²) in [4.78, 5) is 22.4.